The van der Waals surface area contributed by atoms with E-state index in [0.717, 1.165) is 4.47 Å². The number of sulfonamides is 1. The van der Waals surface area contributed by atoms with E-state index in [1.807, 2.05) is 0 Å². The number of hydrogen-bond donors (Lipinski definition) is 1. The predicted molar refractivity (Wildman–Crippen MR) is 90.8 cm³/mol. The van der Waals surface area contributed by atoms with Crippen molar-refractivity contribution in [1.29, 1.82) is 0 Å². The fourth-order valence-electron chi connectivity index (χ4n) is 2.14. The summed E-state index contributed by atoms with van der Waals surface area (Å²) in [7, 11) is -1.23. The van der Waals surface area contributed by atoms with Crippen LogP contribution in [0.1, 0.15) is 15.9 Å². The average Bonchev–Trinajstić information content (AvgIpc) is 2.62. The number of hydroxylamine groups is 1. The van der Waals surface area contributed by atoms with Crippen molar-refractivity contribution in [3.05, 3.63) is 65.5 Å². The van der Waals surface area contributed by atoms with Crippen LogP contribution >= 0.6 is 0 Å². The lowest BCUT2D eigenvalue weighted by Crippen LogP contribution is -2.27. The van der Waals surface area contributed by atoms with Crippen molar-refractivity contribution < 1.29 is 22.4 Å². The van der Waals surface area contributed by atoms with Crippen molar-refractivity contribution in [2.45, 2.75) is 11.3 Å². The first-order valence-electron chi connectivity index (χ1n) is 7.51. The molecule has 0 bridgehead atoms. The second-order valence-corrected chi connectivity index (χ2v) is 7.15. The molecule has 0 radical (unpaired) electrons. The largest absolute Gasteiger partial charge is 0.352 e. The SMILES string of the molecule is CON(C)S(=O)(=O)c1ccc(C(=O)NCCc2ccccc2F)cc1. The molecule has 0 fully saturated rings. The normalized spacial score (nSPS) is 11.5. The number of hydrogen-bond acceptors (Lipinski definition) is 4. The maximum atomic E-state index is 13.5. The van der Waals surface area contributed by atoms with Crippen molar-refractivity contribution >= 4 is 15.9 Å². The van der Waals surface area contributed by atoms with Gasteiger partial charge in [-0.15, -0.1) is 0 Å². The number of amides is 1. The van der Waals surface area contributed by atoms with E-state index in [-0.39, 0.29) is 23.2 Å². The van der Waals surface area contributed by atoms with Gasteiger partial charge >= 0.3 is 0 Å². The second kappa shape index (κ2) is 8.19. The van der Waals surface area contributed by atoms with Crippen molar-refractivity contribution in [3.63, 3.8) is 0 Å². The highest BCUT2D eigenvalue weighted by molar-refractivity contribution is 7.89. The van der Waals surface area contributed by atoms with E-state index in [2.05, 4.69) is 10.2 Å². The number of benzene rings is 2. The topological polar surface area (TPSA) is 75.7 Å². The smallest absolute Gasteiger partial charge is 0.264 e. The number of nitrogens with zero attached hydrogens (tertiary/aromatic N) is 1. The summed E-state index contributed by atoms with van der Waals surface area (Å²) < 4.78 is 38.4. The third kappa shape index (κ3) is 4.62. The fourth-order valence-corrected chi connectivity index (χ4v) is 3.11. The third-order valence-electron chi connectivity index (χ3n) is 3.65. The van der Waals surface area contributed by atoms with Crippen LogP contribution < -0.4 is 5.32 Å². The van der Waals surface area contributed by atoms with Crippen molar-refractivity contribution in [2.24, 2.45) is 0 Å². The van der Waals surface area contributed by atoms with Crippen LogP contribution in [0.25, 0.3) is 0 Å². The molecule has 0 aliphatic heterocycles. The lowest BCUT2D eigenvalue weighted by atomic mass is 10.1. The van der Waals surface area contributed by atoms with E-state index in [9.17, 15) is 17.6 Å². The molecular weight excluding hydrogens is 347 g/mol. The minimum Gasteiger partial charge on any atom is -0.352 e. The number of nitrogens with one attached hydrogen (secondary N) is 1. The standard InChI is InChI=1S/C17H19FN2O4S/c1-20(24-2)25(22,23)15-9-7-14(8-10-15)17(21)19-12-11-13-5-3-4-6-16(13)18/h3-10H,11-12H2,1-2H3,(H,19,21). The van der Waals surface area contributed by atoms with Gasteiger partial charge in [0.25, 0.3) is 15.9 Å². The van der Waals surface area contributed by atoms with Gasteiger partial charge in [-0.2, -0.15) is 0 Å². The van der Waals surface area contributed by atoms with Crippen LogP contribution in [-0.4, -0.2) is 39.5 Å². The third-order valence-corrected chi connectivity index (χ3v) is 5.34. The summed E-state index contributed by atoms with van der Waals surface area (Å²) in [4.78, 5) is 16.8. The van der Waals surface area contributed by atoms with Gasteiger partial charge in [0.2, 0.25) is 0 Å². The van der Waals surface area contributed by atoms with E-state index in [4.69, 9.17) is 0 Å². The van der Waals surface area contributed by atoms with E-state index < -0.39 is 10.0 Å². The summed E-state index contributed by atoms with van der Waals surface area (Å²) >= 11 is 0. The lowest BCUT2D eigenvalue weighted by Gasteiger charge is -2.14. The summed E-state index contributed by atoms with van der Waals surface area (Å²) in [5.41, 5.74) is 0.833. The summed E-state index contributed by atoms with van der Waals surface area (Å²) in [5.74, 6) is -0.672. The summed E-state index contributed by atoms with van der Waals surface area (Å²) in [6.07, 6.45) is 0.365. The summed E-state index contributed by atoms with van der Waals surface area (Å²) in [6.45, 7) is 0.270. The van der Waals surface area contributed by atoms with Crippen LogP contribution in [0.2, 0.25) is 0 Å². The predicted octanol–water partition coefficient (Wildman–Crippen LogP) is 1.98. The first kappa shape index (κ1) is 19.0. The maximum Gasteiger partial charge on any atom is 0.264 e. The Kier molecular flexibility index (Phi) is 6.24. The highest BCUT2D eigenvalue weighted by Gasteiger charge is 2.20. The molecule has 0 aromatic heterocycles. The molecule has 134 valence electrons. The minimum absolute atomic E-state index is 0.0137. The molecule has 0 spiro atoms. The Balaban J connectivity index is 1.98. The molecule has 6 nitrogen and oxygen atoms in total. The van der Waals surface area contributed by atoms with Gasteiger partial charge in [-0.05, 0) is 42.3 Å². The Morgan fingerprint density at radius 3 is 2.40 bits per heavy atom. The number of carbonyl (C=O) groups excluding carboxylic acids is 1. The van der Waals surface area contributed by atoms with E-state index >= 15 is 0 Å². The molecule has 2 aromatic rings. The van der Waals surface area contributed by atoms with Crippen LogP contribution in [-0.2, 0) is 21.3 Å². The zero-order valence-electron chi connectivity index (χ0n) is 13.9. The molecule has 0 aliphatic rings. The monoisotopic (exact) mass is 366 g/mol. The Labute approximate surface area is 146 Å². The highest BCUT2D eigenvalue weighted by Crippen LogP contribution is 2.15. The molecule has 0 aliphatic carbocycles. The number of halogens is 1. The summed E-state index contributed by atoms with van der Waals surface area (Å²) in [5, 5.41) is 2.68. The molecule has 1 amide bonds. The van der Waals surface area contributed by atoms with Gasteiger partial charge in [0.1, 0.15) is 5.82 Å². The van der Waals surface area contributed by atoms with Gasteiger partial charge < -0.3 is 5.32 Å². The fraction of sp³-hybridized carbons (Fsp3) is 0.235. The molecular formula is C17H19FN2O4S. The van der Waals surface area contributed by atoms with Gasteiger partial charge in [-0.25, -0.2) is 12.8 Å². The first-order valence-corrected chi connectivity index (χ1v) is 8.95. The quantitative estimate of drug-likeness (QED) is 0.761. The molecule has 0 heterocycles. The molecule has 0 unspecified atom stereocenters. The Morgan fingerprint density at radius 2 is 1.80 bits per heavy atom. The van der Waals surface area contributed by atoms with Crippen LogP contribution in [0.4, 0.5) is 4.39 Å². The van der Waals surface area contributed by atoms with Gasteiger partial charge in [0.05, 0.1) is 12.0 Å². The molecule has 0 saturated heterocycles. The van der Waals surface area contributed by atoms with Crippen LogP contribution in [0.15, 0.2) is 53.4 Å². The number of carbonyl (C=O) groups is 1. The molecule has 2 aromatic carbocycles. The first-order chi connectivity index (χ1) is 11.9. The lowest BCUT2D eigenvalue weighted by molar-refractivity contribution is -0.0258. The summed E-state index contributed by atoms with van der Waals surface area (Å²) in [6, 6.07) is 11.8. The van der Waals surface area contributed by atoms with E-state index in [0.29, 0.717) is 17.5 Å². The Hall–Kier alpha value is -2.29. The van der Waals surface area contributed by atoms with Gasteiger partial charge in [0.15, 0.2) is 0 Å². The molecule has 25 heavy (non-hydrogen) atoms. The number of rotatable bonds is 7. The van der Waals surface area contributed by atoms with Crippen LogP contribution in [0, 0.1) is 5.82 Å². The molecule has 0 atom stereocenters. The Bertz CT molecular complexity index is 838. The van der Waals surface area contributed by atoms with Crippen molar-refractivity contribution in [2.75, 3.05) is 20.7 Å². The zero-order chi connectivity index (χ0) is 18.4. The average molecular weight is 366 g/mol. The van der Waals surface area contributed by atoms with Gasteiger partial charge in [-0.1, -0.05) is 22.7 Å². The molecule has 0 saturated carbocycles. The van der Waals surface area contributed by atoms with Crippen molar-refractivity contribution in [1.82, 2.24) is 9.79 Å². The van der Waals surface area contributed by atoms with Crippen LogP contribution in [0.3, 0.4) is 0 Å². The maximum absolute atomic E-state index is 13.5. The molecule has 8 heteroatoms. The van der Waals surface area contributed by atoms with Gasteiger partial charge in [0, 0.05) is 19.2 Å². The Morgan fingerprint density at radius 1 is 1.16 bits per heavy atom. The van der Waals surface area contributed by atoms with E-state index in [1.54, 1.807) is 18.2 Å². The highest BCUT2D eigenvalue weighted by atomic mass is 32.2. The molecule has 2 rings (SSSR count). The zero-order valence-corrected chi connectivity index (χ0v) is 14.7. The van der Waals surface area contributed by atoms with Gasteiger partial charge in [-0.3, -0.25) is 9.63 Å². The molecule has 1 N–H and O–H groups in total. The van der Waals surface area contributed by atoms with Crippen LogP contribution in [0.5, 0.6) is 0 Å². The van der Waals surface area contributed by atoms with E-state index in [1.165, 1.54) is 44.5 Å². The second-order valence-electron chi connectivity index (χ2n) is 5.22. The van der Waals surface area contributed by atoms with Crippen molar-refractivity contribution in [3.8, 4) is 0 Å². The minimum atomic E-state index is -3.75.